The summed E-state index contributed by atoms with van der Waals surface area (Å²) in [6, 6.07) is 5.40. The third kappa shape index (κ3) is 1.24. The van der Waals surface area contributed by atoms with Gasteiger partial charge < -0.3 is 4.74 Å². The minimum atomic E-state index is -0.412. The maximum Gasteiger partial charge on any atom is 0.252 e. The Morgan fingerprint density at radius 3 is 2.83 bits per heavy atom. The van der Waals surface area contributed by atoms with Crippen LogP contribution in [0.4, 0.5) is 0 Å². The van der Waals surface area contributed by atoms with Crippen LogP contribution in [0.3, 0.4) is 0 Å². The highest BCUT2D eigenvalue weighted by atomic mass is 35.5. The number of benzene rings is 1. The summed E-state index contributed by atoms with van der Waals surface area (Å²) in [5, 5.41) is -0.412. The van der Waals surface area contributed by atoms with Crippen LogP contribution in [0.1, 0.15) is 21.5 Å². The van der Waals surface area contributed by atoms with E-state index < -0.39 is 5.24 Å². The van der Waals surface area contributed by atoms with E-state index in [9.17, 15) is 4.79 Å². The normalized spacial score (nSPS) is 14.4. The minimum Gasteiger partial charge on any atom is -0.372 e. The molecule has 0 amide bonds. The van der Waals surface area contributed by atoms with E-state index in [1.807, 2.05) is 6.07 Å². The van der Waals surface area contributed by atoms with Gasteiger partial charge in [0.25, 0.3) is 5.24 Å². The van der Waals surface area contributed by atoms with Crippen LogP contribution in [-0.2, 0) is 18.0 Å². The largest absolute Gasteiger partial charge is 0.372 e. The highest BCUT2D eigenvalue weighted by molar-refractivity contribution is 6.67. The lowest BCUT2D eigenvalue weighted by atomic mass is 10.1. The van der Waals surface area contributed by atoms with Crippen molar-refractivity contribution in [2.24, 2.45) is 0 Å². The van der Waals surface area contributed by atoms with Gasteiger partial charge in [0, 0.05) is 5.56 Å². The number of halogens is 1. The molecule has 0 aliphatic carbocycles. The van der Waals surface area contributed by atoms with E-state index in [0.717, 1.165) is 11.1 Å². The van der Waals surface area contributed by atoms with Crippen LogP contribution < -0.4 is 0 Å². The van der Waals surface area contributed by atoms with Crippen LogP contribution in [0.15, 0.2) is 18.2 Å². The van der Waals surface area contributed by atoms with Gasteiger partial charge in [-0.05, 0) is 34.9 Å². The first-order chi connectivity index (χ1) is 5.77. The Labute approximate surface area is 75.1 Å². The predicted molar refractivity (Wildman–Crippen MR) is 45.1 cm³/mol. The molecule has 1 aromatic carbocycles. The summed E-state index contributed by atoms with van der Waals surface area (Å²) in [4.78, 5) is 10.8. The first kappa shape index (κ1) is 7.77. The van der Waals surface area contributed by atoms with Crippen molar-refractivity contribution in [1.29, 1.82) is 0 Å². The molecule has 1 aromatic rings. The molecule has 1 aliphatic rings. The summed E-state index contributed by atoms with van der Waals surface area (Å²) < 4.78 is 5.20. The number of carbonyl (C=O) groups excluding carboxylic acids is 1. The summed E-state index contributed by atoms with van der Waals surface area (Å²) in [5.41, 5.74) is 2.76. The zero-order chi connectivity index (χ0) is 8.55. The third-order valence-electron chi connectivity index (χ3n) is 1.95. The number of ether oxygens (including phenoxy) is 1. The van der Waals surface area contributed by atoms with Crippen molar-refractivity contribution in [2.45, 2.75) is 13.2 Å². The van der Waals surface area contributed by atoms with Crippen molar-refractivity contribution < 1.29 is 9.53 Å². The van der Waals surface area contributed by atoms with Crippen molar-refractivity contribution in [2.75, 3.05) is 0 Å². The molecule has 0 fully saturated rings. The SMILES string of the molecule is O=C(Cl)c1ccc2c(c1)COC2. The van der Waals surface area contributed by atoms with Gasteiger partial charge in [0.1, 0.15) is 0 Å². The van der Waals surface area contributed by atoms with Crippen molar-refractivity contribution in [3.8, 4) is 0 Å². The summed E-state index contributed by atoms with van der Waals surface area (Å²) in [5.74, 6) is 0. The fourth-order valence-electron chi connectivity index (χ4n) is 1.29. The molecule has 0 saturated carbocycles. The van der Waals surface area contributed by atoms with Gasteiger partial charge in [0.15, 0.2) is 0 Å². The lowest BCUT2D eigenvalue weighted by Gasteiger charge is -1.97. The van der Waals surface area contributed by atoms with Gasteiger partial charge >= 0.3 is 0 Å². The van der Waals surface area contributed by atoms with E-state index >= 15 is 0 Å². The standard InChI is InChI=1S/C9H7ClO2/c10-9(11)6-1-2-7-4-12-5-8(7)3-6/h1-3H,4-5H2. The Balaban J connectivity index is 2.45. The highest BCUT2D eigenvalue weighted by Crippen LogP contribution is 2.21. The van der Waals surface area contributed by atoms with Gasteiger partial charge in [-0.1, -0.05) is 6.07 Å². The van der Waals surface area contributed by atoms with Crippen molar-refractivity contribution in [3.63, 3.8) is 0 Å². The smallest absolute Gasteiger partial charge is 0.252 e. The van der Waals surface area contributed by atoms with E-state index in [4.69, 9.17) is 16.3 Å². The quantitative estimate of drug-likeness (QED) is 0.622. The van der Waals surface area contributed by atoms with Crippen LogP contribution in [0.2, 0.25) is 0 Å². The Hall–Kier alpha value is -0.860. The molecule has 2 nitrogen and oxygen atoms in total. The Morgan fingerprint density at radius 1 is 1.33 bits per heavy atom. The average molecular weight is 183 g/mol. The van der Waals surface area contributed by atoms with Gasteiger partial charge in [-0.3, -0.25) is 4.79 Å². The number of fused-ring (bicyclic) bond motifs is 1. The highest BCUT2D eigenvalue weighted by Gasteiger charge is 2.12. The van der Waals surface area contributed by atoms with Crippen LogP contribution in [0.5, 0.6) is 0 Å². The topological polar surface area (TPSA) is 26.3 Å². The first-order valence-electron chi connectivity index (χ1n) is 3.67. The van der Waals surface area contributed by atoms with Crippen LogP contribution in [0.25, 0.3) is 0 Å². The molecule has 0 aromatic heterocycles. The lowest BCUT2D eigenvalue weighted by Crippen LogP contribution is -1.91. The molecule has 0 bridgehead atoms. The van der Waals surface area contributed by atoms with Crippen molar-refractivity contribution in [3.05, 3.63) is 34.9 Å². The summed E-state index contributed by atoms with van der Waals surface area (Å²) >= 11 is 5.33. The Morgan fingerprint density at radius 2 is 2.08 bits per heavy atom. The van der Waals surface area contributed by atoms with Crippen LogP contribution in [0, 0.1) is 0 Å². The molecule has 0 saturated heterocycles. The second-order valence-electron chi connectivity index (χ2n) is 2.75. The van der Waals surface area contributed by atoms with Gasteiger partial charge in [-0.2, -0.15) is 0 Å². The van der Waals surface area contributed by atoms with Crippen molar-refractivity contribution in [1.82, 2.24) is 0 Å². The number of rotatable bonds is 1. The lowest BCUT2D eigenvalue weighted by molar-refractivity contribution is 0.108. The second-order valence-corrected chi connectivity index (χ2v) is 3.09. The van der Waals surface area contributed by atoms with Gasteiger partial charge in [-0.15, -0.1) is 0 Å². The molecule has 2 rings (SSSR count). The molecule has 0 atom stereocenters. The first-order valence-corrected chi connectivity index (χ1v) is 4.04. The fourth-order valence-corrected chi connectivity index (χ4v) is 1.41. The van der Waals surface area contributed by atoms with E-state index in [1.54, 1.807) is 12.1 Å². The molecule has 12 heavy (non-hydrogen) atoms. The van der Waals surface area contributed by atoms with Gasteiger partial charge in [0.05, 0.1) is 13.2 Å². The molecular formula is C9H7ClO2. The molecule has 0 N–H and O–H groups in total. The van der Waals surface area contributed by atoms with E-state index in [-0.39, 0.29) is 0 Å². The van der Waals surface area contributed by atoms with Gasteiger partial charge in [-0.25, -0.2) is 0 Å². The minimum absolute atomic E-state index is 0.412. The summed E-state index contributed by atoms with van der Waals surface area (Å²) in [7, 11) is 0. The zero-order valence-electron chi connectivity index (χ0n) is 6.34. The molecule has 62 valence electrons. The fraction of sp³-hybridized carbons (Fsp3) is 0.222. The molecule has 3 heteroatoms. The number of carbonyl (C=O) groups is 1. The van der Waals surface area contributed by atoms with E-state index in [0.29, 0.717) is 18.8 Å². The second kappa shape index (κ2) is 2.88. The van der Waals surface area contributed by atoms with E-state index in [2.05, 4.69) is 0 Å². The molecule has 1 heterocycles. The van der Waals surface area contributed by atoms with Crippen LogP contribution in [-0.4, -0.2) is 5.24 Å². The number of hydrogen-bond acceptors (Lipinski definition) is 2. The Kier molecular flexibility index (Phi) is 1.87. The summed E-state index contributed by atoms with van der Waals surface area (Å²) in [6.07, 6.45) is 0. The molecule has 0 unspecified atom stereocenters. The maximum absolute atomic E-state index is 10.8. The van der Waals surface area contributed by atoms with Crippen LogP contribution >= 0.6 is 11.6 Å². The van der Waals surface area contributed by atoms with Gasteiger partial charge in [0.2, 0.25) is 0 Å². The molecule has 1 aliphatic heterocycles. The summed E-state index contributed by atoms with van der Waals surface area (Å²) in [6.45, 7) is 1.24. The molecule has 0 spiro atoms. The predicted octanol–water partition coefficient (Wildman–Crippen LogP) is 2.10. The average Bonchev–Trinajstić information content (AvgIpc) is 2.49. The third-order valence-corrected chi connectivity index (χ3v) is 2.17. The number of hydrogen-bond donors (Lipinski definition) is 0. The zero-order valence-corrected chi connectivity index (χ0v) is 7.10. The molecular weight excluding hydrogens is 176 g/mol. The Bertz CT molecular complexity index is 333. The molecule has 0 radical (unpaired) electrons. The monoisotopic (exact) mass is 182 g/mol. The van der Waals surface area contributed by atoms with E-state index in [1.165, 1.54) is 0 Å². The van der Waals surface area contributed by atoms with Crippen molar-refractivity contribution >= 4 is 16.8 Å². The maximum atomic E-state index is 10.8.